The fraction of sp³-hybridized carbons (Fsp3) is 0.370. The van der Waals surface area contributed by atoms with Crippen LogP contribution in [0.4, 0.5) is 13.2 Å². The van der Waals surface area contributed by atoms with Gasteiger partial charge in [0, 0.05) is 37.3 Å². The lowest BCUT2D eigenvalue weighted by atomic mass is 9.95. The molecular formula is C27H29F3N2O5. The van der Waals surface area contributed by atoms with Gasteiger partial charge in [-0.2, -0.15) is 13.2 Å². The smallest absolute Gasteiger partial charge is 0.416 e. The monoisotopic (exact) mass is 518 g/mol. The van der Waals surface area contributed by atoms with Gasteiger partial charge in [-0.3, -0.25) is 4.79 Å². The number of aliphatic carboxylic acids is 2. The second-order valence-corrected chi connectivity index (χ2v) is 9.04. The van der Waals surface area contributed by atoms with Crippen molar-refractivity contribution in [2.24, 2.45) is 5.92 Å². The first-order valence-electron chi connectivity index (χ1n) is 11.9. The van der Waals surface area contributed by atoms with Crippen molar-refractivity contribution in [3.05, 3.63) is 82.9 Å². The van der Waals surface area contributed by atoms with Gasteiger partial charge in [0.25, 0.3) is 5.91 Å². The molecule has 0 unspecified atom stereocenters. The molecule has 1 saturated heterocycles. The van der Waals surface area contributed by atoms with Gasteiger partial charge < -0.3 is 20.0 Å². The summed E-state index contributed by atoms with van der Waals surface area (Å²) < 4.78 is 39.4. The Kier molecular flexibility index (Phi) is 9.46. The van der Waals surface area contributed by atoms with Gasteiger partial charge in [-0.25, -0.2) is 9.59 Å². The number of carbonyl (C=O) groups excluding carboxylic acids is 1. The van der Waals surface area contributed by atoms with E-state index in [0.717, 1.165) is 49.7 Å². The van der Waals surface area contributed by atoms with Crippen LogP contribution in [-0.4, -0.2) is 64.0 Å². The third-order valence-corrected chi connectivity index (χ3v) is 6.47. The zero-order valence-corrected chi connectivity index (χ0v) is 20.2. The molecule has 1 fully saturated rings. The molecule has 2 aliphatic heterocycles. The molecule has 198 valence electrons. The van der Waals surface area contributed by atoms with Crippen LogP contribution < -0.4 is 0 Å². The van der Waals surface area contributed by atoms with Crippen LogP contribution in [0.5, 0.6) is 0 Å². The van der Waals surface area contributed by atoms with Gasteiger partial charge in [0.05, 0.1) is 5.56 Å². The van der Waals surface area contributed by atoms with Gasteiger partial charge in [-0.15, -0.1) is 0 Å². The molecule has 2 aliphatic rings. The summed E-state index contributed by atoms with van der Waals surface area (Å²) in [5.74, 6) is -1.95. The number of benzene rings is 2. The average Bonchev–Trinajstić information content (AvgIpc) is 3.17. The second-order valence-electron chi connectivity index (χ2n) is 9.04. The Hall–Kier alpha value is -3.66. The highest BCUT2D eigenvalue weighted by atomic mass is 19.4. The van der Waals surface area contributed by atoms with Crippen LogP contribution in [0.2, 0.25) is 0 Å². The van der Waals surface area contributed by atoms with Crippen LogP contribution in [0, 0.1) is 5.92 Å². The van der Waals surface area contributed by atoms with Crippen molar-refractivity contribution >= 4 is 17.8 Å². The SMILES string of the molecule is O=C(O)/C=C/C(=O)O.O=C1c2ccccc2CN1CC1CCN(CCc2ccccc2C(F)(F)F)CC1. The van der Waals surface area contributed by atoms with E-state index < -0.39 is 23.7 Å². The van der Waals surface area contributed by atoms with Crippen LogP contribution in [0.15, 0.2) is 60.7 Å². The van der Waals surface area contributed by atoms with E-state index in [-0.39, 0.29) is 5.91 Å². The Morgan fingerprint density at radius 3 is 2.14 bits per heavy atom. The van der Waals surface area contributed by atoms with Crippen LogP contribution in [0.1, 0.15) is 39.9 Å². The van der Waals surface area contributed by atoms with E-state index in [1.54, 1.807) is 12.1 Å². The predicted octanol–water partition coefficient (Wildman–Crippen LogP) is 4.33. The maximum absolute atomic E-state index is 13.1. The average molecular weight is 519 g/mol. The number of rotatable bonds is 7. The lowest BCUT2D eigenvalue weighted by molar-refractivity contribution is -0.138. The number of likely N-dealkylation sites (tertiary alicyclic amines) is 1. The number of carboxylic acid groups (broad SMARTS) is 2. The fourth-order valence-corrected chi connectivity index (χ4v) is 4.60. The van der Waals surface area contributed by atoms with Crippen LogP contribution >= 0.6 is 0 Å². The molecule has 1 amide bonds. The van der Waals surface area contributed by atoms with Crippen molar-refractivity contribution in [3.63, 3.8) is 0 Å². The number of halogens is 3. The maximum Gasteiger partial charge on any atom is 0.416 e. The van der Waals surface area contributed by atoms with Gasteiger partial charge in [0.1, 0.15) is 0 Å². The third kappa shape index (κ3) is 8.18. The Labute approximate surface area is 212 Å². The molecule has 2 N–H and O–H groups in total. The molecular weight excluding hydrogens is 489 g/mol. The van der Waals surface area contributed by atoms with Crippen molar-refractivity contribution in [1.82, 2.24) is 9.80 Å². The Morgan fingerprint density at radius 1 is 0.946 bits per heavy atom. The molecule has 0 aromatic heterocycles. The first-order valence-corrected chi connectivity index (χ1v) is 11.9. The van der Waals surface area contributed by atoms with E-state index >= 15 is 0 Å². The van der Waals surface area contributed by atoms with Crippen molar-refractivity contribution in [1.29, 1.82) is 0 Å². The highest BCUT2D eigenvalue weighted by Crippen LogP contribution is 2.32. The summed E-state index contributed by atoms with van der Waals surface area (Å²) in [6.45, 7) is 3.82. The second kappa shape index (κ2) is 12.5. The molecule has 4 rings (SSSR count). The summed E-state index contributed by atoms with van der Waals surface area (Å²) in [7, 11) is 0. The molecule has 0 spiro atoms. The molecule has 2 heterocycles. The van der Waals surface area contributed by atoms with E-state index in [4.69, 9.17) is 10.2 Å². The summed E-state index contributed by atoms with van der Waals surface area (Å²) in [4.78, 5) is 35.8. The number of hydrogen-bond acceptors (Lipinski definition) is 4. The molecule has 37 heavy (non-hydrogen) atoms. The van der Waals surface area contributed by atoms with Gasteiger partial charge in [-0.05, 0) is 61.5 Å². The molecule has 2 aromatic carbocycles. The number of carboxylic acids is 2. The van der Waals surface area contributed by atoms with Crippen molar-refractivity contribution in [3.8, 4) is 0 Å². The summed E-state index contributed by atoms with van der Waals surface area (Å²) in [6, 6.07) is 13.6. The Balaban J connectivity index is 0.000000414. The lowest BCUT2D eigenvalue weighted by Gasteiger charge is -2.34. The number of alkyl halides is 3. The molecule has 0 atom stereocenters. The van der Waals surface area contributed by atoms with Gasteiger partial charge in [-0.1, -0.05) is 36.4 Å². The largest absolute Gasteiger partial charge is 0.478 e. The fourth-order valence-electron chi connectivity index (χ4n) is 4.60. The van der Waals surface area contributed by atoms with E-state index in [2.05, 4.69) is 4.90 Å². The van der Waals surface area contributed by atoms with Gasteiger partial charge in [0.2, 0.25) is 0 Å². The van der Waals surface area contributed by atoms with Gasteiger partial charge in [0.15, 0.2) is 0 Å². The standard InChI is InChI=1S/C23H25F3N2O.C4H4O4/c24-23(25,26)21-8-4-2-5-18(21)11-14-27-12-9-17(10-13-27)15-28-16-19-6-1-3-7-20(19)22(28)29;5-3(6)1-2-4(7)8/h1-8,17H,9-16H2;1-2H,(H,5,6)(H,7,8)/b;2-1+. The lowest BCUT2D eigenvalue weighted by Crippen LogP contribution is -2.39. The third-order valence-electron chi connectivity index (χ3n) is 6.47. The zero-order valence-electron chi connectivity index (χ0n) is 20.2. The van der Waals surface area contributed by atoms with E-state index in [1.807, 2.05) is 29.2 Å². The van der Waals surface area contributed by atoms with Crippen molar-refractivity contribution < 1.29 is 37.8 Å². The first kappa shape index (κ1) is 27.9. The van der Waals surface area contributed by atoms with Crippen LogP contribution in [0.3, 0.4) is 0 Å². The number of piperidine rings is 1. The minimum atomic E-state index is -4.30. The number of carbonyl (C=O) groups is 3. The summed E-state index contributed by atoms with van der Waals surface area (Å²) in [5.41, 5.74) is 1.75. The van der Waals surface area contributed by atoms with Crippen LogP contribution in [-0.2, 0) is 28.7 Å². The molecule has 2 aromatic rings. The van der Waals surface area contributed by atoms with Crippen molar-refractivity contribution in [2.45, 2.75) is 32.0 Å². The molecule has 0 radical (unpaired) electrons. The maximum atomic E-state index is 13.1. The normalized spacial score (nSPS) is 16.4. The predicted molar refractivity (Wildman–Crippen MR) is 130 cm³/mol. The summed E-state index contributed by atoms with van der Waals surface area (Å²) >= 11 is 0. The quantitative estimate of drug-likeness (QED) is 0.530. The molecule has 7 nitrogen and oxygen atoms in total. The Bertz CT molecular complexity index is 1120. The Morgan fingerprint density at radius 2 is 1.54 bits per heavy atom. The summed E-state index contributed by atoms with van der Waals surface area (Å²) in [6.07, 6.45) is -0.837. The van der Waals surface area contributed by atoms with Gasteiger partial charge >= 0.3 is 18.1 Å². The molecule has 10 heteroatoms. The topological polar surface area (TPSA) is 98.1 Å². The first-order chi connectivity index (χ1) is 17.5. The van der Waals surface area contributed by atoms with Crippen molar-refractivity contribution in [2.75, 3.05) is 26.2 Å². The molecule has 0 bridgehead atoms. The molecule has 0 aliphatic carbocycles. The number of fused-ring (bicyclic) bond motifs is 1. The number of hydrogen-bond donors (Lipinski definition) is 2. The number of nitrogens with zero attached hydrogens (tertiary/aromatic N) is 2. The highest BCUT2D eigenvalue weighted by Gasteiger charge is 2.33. The van der Waals surface area contributed by atoms with Crippen LogP contribution in [0.25, 0.3) is 0 Å². The van der Waals surface area contributed by atoms with E-state index in [1.165, 1.54) is 6.07 Å². The van der Waals surface area contributed by atoms with E-state index in [9.17, 15) is 27.6 Å². The van der Waals surface area contributed by atoms with E-state index in [0.29, 0.717) is 43.1 Å². The zero-order chi connectivity index (χ0) is 27.0. The number of amides is 1. The minimum absolute atomic E-state index is 0.117. The minimum Gasteiger partial charge on any atom is -0.478 e. The molecule has 0 saturated carbocycles. The summed E-state index contributed by atoms with van der Waals surface area (Å²) in [5, 5.41) is 15.6. The highest BCUT2D eigenvalue weighted by molar-refractivity contribution is 5.98.